The maximum Gasteiger partial charge on any atom is 0.322 e. The minimum Gasteiger partial charge on any atom is -0.480 e. The first-order chi connectivity index (χ1) is 9.84. The SMILES string of the molecule is O=C(O)CNC(=O)[C@@H](CO)NS(=O)(=O)Cc1ccccc1. The number of aliphatic hydroxyl groups is 1. The van der Waals surface area contributed by atoms with Crippen LogP contribution in [0.15, 0.2) is 30.3 Å². The van der Waals surface area contributed by atoms with Gasteiger partial charge in [-0.1, -0.05) is 30.3 Å². The van der Waals surface area contributed by atoms with E-state index in [1.54, 1.807) is 30.3 Å². The number of nitrogens with one attached hydrogen (secondary N) is 2. The number of aliphatic carboxylic acids is 1. The summed E-state index contributed by atoms with van der Waals surface area (Å²) in [5.41, 5.74) is 0.521. The van der Waals surface area contributed by atoms with Crippen LogP contribution in [0.5, 0.6) is 0 Å². The van der Waals surface area contributed by atoms with E-state index in [0.717, 1.165) is 0 Å². The predicted molar refractivity (Wildman–Crippen MR) is 73.7 cm³/mol. The lowest BCUT2D eigenvalue weighted by Gasteiger charge is -2.15. The molecule has 0 aliphatic heterocycles. The molecule has 1 aromatic carbocycles. The number of hydrogen-bond acceptors (Lipinski definition) is 5. The van der Waals surface area contributed by atoms with Crippen molar-refractivity contribution in [2.75, 3.05) is 13.2 Å². The molecule has 0 saturated heterocycles. The van der Waals surface area contributed by atoms with E-state index < -0.39 is 41.1 Å². The quantitative estimate of drug-likeness (QED) is 0.469. The number of carbonyl (C=O) groups is 2. The summed E-state index contributed by atoms with van der Waals surface area (Å²) in [5.74, 6) is -2.53. The average Bonchev–Trinajstić information content (AvgIpc) is 2.42. The second-order valence-electron chi connectivity index (χ2n) is 4.21. The Hall–Kier alpha value is -1.97. The van der Waals surface area contributed by atoms with Gasteiger partial charge in [0.05, 0.1) is 12.4 Å². The molecule has 0 aliphatic rings. The molecule has 21 heavy (non-hydrogen) atoms. The van der Waals surface area contributed by atoms with Crippen molar-refractivity contribution in [1.29, 1.82) is 0 Å². The third-order valence-corrected chi connectivity index (χ3v) is 3.79. The second-order valence-corrected chi connectivity index (χ2v) is 5.96. The van der Waals surface area contributed by atoms with Gasteiger partial charge in [-0.05, 0) is 5.56 Å². The molecule has 4 N–H and O–H groups in total. The summed E-state index contributed by atoms with van der Waals surface area (Å²) in [6.45, 7) is -1.44. The maximum atomic E-state index is 11.9. The van der Waals surface area contributed by atoms with Gasteiger partial charge in [-0.25, -0.2) is 13.1 Å². The molecule has 0 aliphatic carbocycles. The fraction of sp³-hybridized carbons (Fsp3) is 0.333. The minimum absolute atomic E-state index is 0.351. The Balaban J connectivity index is 2.66. The molecule has 1 atom stereocenters. The molecule has 0 radical (unpaired) electrons. The topological polar surface area (TPSA) is 133 Å². The highest BCUT2D eigenvalue weighted by Crippen LogP contribution is 2.04. The van der Waals surface area contributed by atoms with Crippen LogP contribution in [0.25, 0.3) is 0 Å². The predicted octanol–water partition coefficient (Wildman–Crippen LogP) is -1.33. The Morgan fingerprint density at radius 1 is 1.19 bits per heavy atom. The van der Waals surface area contributed by atoms with E-state index in [-0.39, 0.29) is 5.75 Å². The number of amides is 1. The average molecular weight is 316 g/mol. The maximum absolute atomic E-state index is 11.9. The van der Waals surface area contributed by atoms with Crippen LogP contribution in [0, 0.1) is 0 Å². The molecule has 116 valence electrons. The number of carboxylic acid groups (broad SMARTS) is 1. The molecule has 1 aromatic rings. The smallest absolute Gasteiger partial charge is 0.322 e. The van der Waals surface area contributed by atoms with Crippen LogP contribution >= 0.6 is 0 Å². The second kappa shape index (κ2) is 7.72. The molecule has 0 fully saturated rings. The van der Waals surface area contributed by atoms with Crippen LogP contribution in [0.1, 0.15) is 5.56 Å². The lowest BCUT2D eigenvalue weighted by molar-refractivity contribution is -0.138. The summed E-state index contributed by atoms with van der Waals surface area (Å²) in [5, 5.41) is 19.5. The molecule has 0 spiro atoms. The standard InChI is InChI=1S/C12H16N2O6S/c15-7-10(12(18)13-6-11(16)17)14-21(19,20)8-9-4-2-1-3-5-9/h1-5,10,14-15H,6-8H2,(H,13,18)(H,16,17)/t10-/m1/s1. The van der Waals surface area contributed by atoms with Gasteiger partial charge >= 0.3 is 5.97 Å². The number of sulfonamides is 1. The Bertz CT molecular complexity index is 587. The van der Waals surface area contributed by atoms with E-state index in [0.29, 0.717) is 5.56 Å². The monoisotopic (exact) mass is 316 g/mol. The highest BCUT2D eigenvalue weighted by atomic mass is 32.2. The van der Waals surface area contributed by atoms with Crippen molar-refractivity contribution in [3.63, 3.8) is 0 Å². The number of carbonyl (C=O) groups excluding carboxylic acids is 1. The fourth-order valence-electron chi connectivity index (χ4n) is 1.51. The van der Waals surface area contributed by atoms with Crippen molar-refractivity contribution in [2.45, 2.75) is 11.8 Å². The van der Waals surface area contributed by atoms with E-state index in [4.69, 9.17) is 10.2 Å². The highest BCUT2D eigenvalue weighted by Gasteiger charge is 2.24. The van der Waals surface area contributed by atoms with Gasteiger partial charge in [-0.3, -0.25) is 9.59 Å². The molecule has 0 saturated carbocycles. The van der Waals surface area contributed by atoms with Crippen LogP contribution in [-0.4, -0.2) is 49.7 Å². The zero-order valence-corrected chi connectivity index (χ0v) is 11.8. The van der Waals surface area contributed by atoms with Crippen LogP contribution in [0.3, 0.4) is 0 Å². The largest absolute Gasteiger partial charge is 0.480 e. The highest BCUT2D eigenvalue weighted by molar-refractivity contribution is 7.88. The van der Waals surface area contributed by atoms with Crippen molar-refractivity contribution >= 4 is 21.9 Å². The van der Waals surface area contributed by atoms with Crippen molar-refractivity contribution < 1.29 is 28.2 Å². The zero-order chi connectivity index (χ0) is 15.9. The third kappa shape index (κ3) is 6.34. The lowest BCUT2D eigenvalue weighted by atomic mass is 10.2. The molecule has 0 bridgehead atoms. The first-order valence-electron chi connectivity index (χ1n) is 5.98. The van der Waals surface area contributed by atoms with Crippen LogP contribution in [0.4, 0.5) is 0 Å². The van der Waals surface area contributed by atoms with Gasteiger partial charge in [0.15, 0.2) is 0 Å². The summed E-state index contributed by atoms with van der Waals surface area (Å²) < 4.78 is 25.8. The first kappa shape index (κ1) is 17.1. The normalized spacial score (nSPS) is 12.6. The Kier molecular flexibility index (Phi) is 6.28. The van der Waals surface area contributed by atoms with Gasteiger partial charge in [-0.15, -0.1) is 0 Å². The molecule has 9 heteroatoms. The lowest BCUT2D eigenvalue weighted by Crippen LogP contribution is -2.50. The number of rotatable bonds is 8. The summed E-state index contributed by atoms with van der Waals surface area (Å²) >= 11 is 0. The number of benzene rings is 1. The fourth-order valence-corrected chi connectivity index (χ4v) is 2.84. The van der Waals surface area contributed by atoms with Crippen LogP contribution in [-0.2, 0) is 25.4 Å². The Morgan fingerprint density at radius 3 is 2.33 bits per heavy atom. The van der Waals surface area contributed by atoms with Gasteiger partial charge in [0.1, 0.15) is 12.6 Å². The Morgan fingerprint density at radius 2 is 1.81 bits per heavy atom. The van der Waals surface area contributed by atoms with Crippen molar-refractivity contribution in [3.8, 4) is 0 Å². The molecular formula is C12H16N2O6S. The molecule has 1 rings (SSSR count). The molecule has 1 amide bonds. The summed E-state index contributed by atoms with van der Waals surface area (Å²) in [4.78, 5) is 21.9. The summed E-state index contributed by atoms with van der Waals surface area (Å²) in [7, 11) is -3.85. The third-order valence-electron chi connectivity index (χ3n) is 2.43. The molecule has 0 aromatic heterocycles. The van der Waals surface area contributed by atoms with Crippen molar-refractivity contribution in [2.24, 2.45) is 0 Å². The van der Waals surface area contributed by atoms with E-state index in [1.165, 1.54) is 0 Å². The van der Waals surface area contributed by atoms with E-state index >= 15 is 0 Å². The van der Waals surface area contributed by atoms with Gasteiger partial charge < -0.3 is 15.5 Å². The van der Waals surface area contributed by atoms with Gasteiger partial charge in [-0.2, -0.15) is 0 Å². The van der Waals surface area contributed by atoms with Crippen LogP contribution in [0.2, 0.25) is 0 Å². The van der Waals surface area contributed by atoms with E-state index in [9.17, 15) is 18.0 Å². The molecule has 8 nitrogen and oxygen atoms in total. The zero-order valence-electron chi connectivity index (χ0n) is 11.0. The van der Waals surface area contributed by atoms with E-state index in [1.807, 2.05) is 10.0 Å². The van der Waals surface area contributed by atoms with Gasteiger partial charge in [0.25, 0.3) is 0 Å². The molecule has 0 heterocycles. The molecule has 0 unspecified atom stereocenters. The number of carboxylic acids is 1. The van der Waals surface area contributed by atoms with Gasteiger partial charge in [0, 0.05) is 0 Å². The van der Waals surface area contributed by atoms with E-state index in [2.05, 4.69) is 0 Å². The first-order valence-corrected chi connectivity index (χ1v) is 7.63. The van der Waals surface area contributed by atoms with Crippen LogP contribution < -0.4 is 10.0 Å². The summed E-state index contributed by atoms with van der Waals surface area (Å²) in [6, 6.07) is 6.87. The Labute approximate surface area is 121 Å². The summed E-state index contributed by atoms with van der Waals surface area (Å²) in [6.07, 6.45) is 0. The molecular weight excluding hydrogens is 300 g/mol. The number of aliphatic hydroxyl groups excluding tert-OH is 1. The number of hydrogen-bond donors (Lipinski definition) is 4. The van der Waals surface area contributed by atoms with Crippen molar-refractivity contribution in [1.82, 2.24) is 10.0 Å². The van der Waals surface area contributed by atoms with Gasteiger partial charge in [0.2, 0.25) is 15.9 Å². The van der Waals surface area contributed by atoms with Crippen molar-refractivity contribution in [3.05, 3.63) is 35.9 Å². The minimum atomic E-state index is -3.85.